The molecule has 0 aromatic carbocycles. The van der Waals surface area contributed by atoms with Crippen LogP contribution in [-0.2, 0) is 19.1 Å². The number of carbonyl (C=O) groups excluding carboxylic acids is 1. The normalized spacial score (nSPS) is 30.3. The van der Waals surface area contributed by atoms with Crippen LogP contribution >= 0.6 is 22.6 Å². The van der Waals surface area contributed by atoms with Crippen LogP contribution < -0.4 is 0 Å². The monoisotopic (exact) mass is 372 g/mol. The molecule has 0 N–H and O–H groups in total. The van der Waals surface area contributed by atoms with Crippen LogP contribution in [0.3, 0.4) is 0 Å². The predicted octanol–water partition coefficient (Wildman–Crippen LogP) is 2.43. The molecule has 4 nitrogen and oxygen atoms in total. The molecular weight excluding hydrogens is 355 g/mol. The van der Waals surface area contributed by atoms with E-state index in [1.165, 1.54) is 0 Å². The van der Waals surface area contributed by atoms with Gasteiger partial charge in [-0.3, -0.25) is 8.98 Å². The SMILES string of the molecule is C=C(I)C[C@]1(C)C(=O)CCC[C@@H]1OS(C)(=O)=O. The first-order chi connectivity index (χ1) is 7.65. The van der Waals surface area contributed by atoms with Gasteiger partial charge in [0.25, 0.3) is 10.1 Å². The Kier molecular flexibility index (Phi) is 4.76. The van der Waals surface area contributed by atoms with Crippen LogP contribution in [-0.4, -0.2) is 26.6 Å². The van der Waals surface area contributed by atoms with Gasteiger partial charge >= 0.3 is 0 Å². The van der Waals surface area contributed by atoms with E-state index in [0.717, 1.165) is 9.84 Å². The fraction of sp³-hybridized carbons (Fsp3) is 0.727. The number of halogens is 1. The van der Waals surface area contributed by atoms with Crippen molar-refractivity contribution in [3.8, 4) is 0 Å². The van der Waals surface area contributed by atoms with Crippen molar-refractivity contribution in [3.63, 3.8) is 0 Å². The second-order valence-corrected chi connectivity index (χ2v) is 7.84. The van der Waals surface area contributed by atoms with Gasteiger partial charge in [-0.1, -0.05) is 6.58 Å². The summed E-state index contributed by atoms with van der Waals surface area (Å²) in [5.41, 5.74) is -0.764. The first-order valence-electron chi connectivity index (χ1n) is 5.40. The molecular formula is C11H17IO4S. The number of ketones is 1. The van der Waals surface area contributed by atoms with Crippen molar-refractivity contribution >= 4 is 38.5 Å². The van der Waals surface area contributed by atoms with Gasteiger partial charge < -0.3 is 0 Å². The lowest BCUT2D eigenvalue weighted by Crippen LogP contribution is -2.45. The molecule has 1 fully saturated rings. The summed E-state index contributed by atoms with van der Waals surface area (Å²) in [6.45, 7) is 5.56. The zero-order valence-corrected chi connectivity index (χ0v) is 13.0. The van der Waals surface area contributed by atoms with E-state index in [1.54, 1.807) is 6.92 Å². The van der Waals surface area contributed by atoms with Crippen LogP contribution in [0.15, 0.2) is 10.2 Å². The molecule has 0 saturated heterocycles. The summed E-state index contributed by atoms with van der Waals surface area (Å²) in [5, 5.41) is 0. The van der Waals surface area contributed by atoms with Crippen molar-refractivity contribution in [2.75, 3.05) is 6.26 Å². The Morgan fingerprint density at radius 2 is 2.24 bits per heavy atom. The van der Waals surface area contributed by atoms with Gasteiger partial charge in [-0.2, -0.15) is 8.42 Å². The Morgan fingerprint density at radius 3 is 2.71 bits per heavy atom. The van der Waals surface area contributed by atoms with Crippen LogP contribution in [0.25, 0.3) is 0 Å². The highest BCUT2D eigenvalue weighted by molar-refractivity contribution is 14.1. The molecule has 0 amide bonds. The highest BCUT2D eigenvalue weighted by Crippen LogP contribution is 2.41. The topological polar surface area (TPSA) is 60.4 Å². The Morgan fingerprint density at radius 1 is 1.65 bits per heavy atom. The lowest BCUT2D eigenvalue weighted by atomic mass is 9.70. The lowest BCUT2D eigenvalue weighted by Gasteiger charge is -2.38. The molecule has 0 aromatic heterocycles. The van der Waals surface area contributed by atoms with E-state index in [2.05, 4.69) is 29.2 Å². The first-order valence-corrected chi connectivity index (χ1v) is 8.29. The van der Waals surface area contributed by atoms with Gasteiger partial charge in [0.1, 0.15) is 5.78 Å². The summed E-state index contributed by atoms with van der Waals surface area (Å²) in [6, 6.07) is 0. The maximum atomic E-state index is 12.0. The summed E-state index contributed by atoms with van der Waals surface area (Å²) in [7, 11) is -3.54. The molecule has 0 aliphatic heterocycles. The summed E-state index contributed by atoms with van der Waals surface area (Å²) in [5.74, 6) is 0.0650. The minimum Gasteiger partial charge on any atom is -0.299 e. The van der Waals surface area contributed by atoms with Gasteiger partial charge in [-0.05, 0) is 52.4 Å². The molecule has 0 bridgehead atoms. The highest BCUT2D eigenvalue weighted by Gasteiger charge is 2.45. The summed E-state index contributed by atoms with van der Waals surface area (Å²) < 4.78 is 28.4. The Hall–Kier alpha value is 0.0500. The van der Waals surface area contributed by atoms with Gasteiger partial charge in [0.05, 0.1) is 17.8 Å². The van der Waals surface area contributed by atoms with Crippen LogP contribution in [0.4, 0.5) is 0 Å². The molecule has 2 atom stereocenters. The van der Waals surface area contributed by atoms with Crippen molar-refractivity contribution < 1.29 is 17.4 Å². The molecule has 0 unspecified atom stereocenters. The minimum absolute atomic E-state index is 0.0650. The minimum atomic E-state index is -3.54. The number of hydrogen-bond donors (Lipinski definition) is 0. The van der Waals surface area contributed by atoms with Gasteiger partial charge in [0.15, 0.2) is 0 Å². The van der Waals surface area contributed by atoms with Crippen LogP contribution in [0.5, 0.6) is 0 Å². The largest absolute Gasteiger partial charge is 0.299 e. The summed E-state index contributed by atoms with van der Waals surface area (Å²) in [4.78, 5) is 12.0. The molecule has 98 valence electrons. The van der Waals surface area contributed by atoms with Crippen molar-refractivity contribution in [1.29, 1.82) is 0 Å². The Balaban J connectivity index is 2.99. The van der Waals surface area contributed by atoms with Gasteiger partial charge in [0.2, 0.25) is 0 Å². The van der Waals surface area contributed by atoms with Crippen LogP contribution in [0, 0.1) is 5.41 Å². The average molecular weight is 372 g/mol. The lowest BCUT2D eigenvalue weighted by molar-refractivity contribution is -0.136. The molecule has 1 aliphatic carbocycles. The third kappa shape index (κ3) is 4.03. The van der Waals surface area contributed by atoms with Crippen LogP contribution in [0.2, 0.25) is 0 Å². The maximum Gasteiger partial charge on any atom is 0.264 e. The molecule has 1 aliphatic rings. The van der Waals surface area contributed by atoms with Crippen LogP contribution in [0.1, 0.15) is 32.6 Å². The molecule has 17 heavy (non-hydrogen) atoms. The number of allylic oxidation sites excluding steroid dienone is 1. The standard InChI is InChI=1S/C11H17IO4S/c1-8(12)7-11(2)9(13)5-4-6-10(11)16-17(3,14)15/h10H,1,4-7H2,2-3H3/t10-,11+/m0/s1. The maximum absolute atomic E-state index is 12.0. The molecule has 0 radical (unpaired) electrons. The number of Topliss-reactive ketones (excluding diaryl/α,β-unsaturated/α-hetero) is 1. The van der Waals surface area contributed by atoms with E-state index in [-0.39, 0.29) is 5.78 Å². The molecule has 0 aromatic rings. The molecule has 0 heterocycles. The number of carbonyl (C=O) groups is 1. The van der Waals surface area contributed by atoms with Gasteiger partial charge in [-0.15, -0.1) is 0 Å². The van der Waals surface area contributed by atoms with E-state index in [1.807, 2.05) is 0 Å². The van der Waals surface area contributed by atoms with Crippen molar-refractivity contribution in [1.82, 2.24) is 0 Å². The number of rotatable bonds is 4. The Bertz CT molecular complexity index is 429. The van der Waals surface area contributed by atoms with Crippen molar-refractivity contribution in [3.05, 3.63) is 10.2 Å². The smallest absolute Gasteiger partial charge is 0.264 e. The zero-order chi connectivity index (χ0) is 13.3. The Labute approximate surface area is 116 Å². The highest BCUT2D eigenvalue weighted by atomic mass is 127. The second-order valence-electron chi connectivity index (χ2n) is 4.72. The van der Waals surface area contributed by atoms with Crippen molar-refractivity contribution in [2.24, 2.45) is 5.41 Å². The quantitative estimate of drug-likeness (QED) is 0.562. The predicted molar refractivity (Wildman–Crippen MR) is 74.5 cm³/mol. The molecule has 6 heteroatoms. The van der Waals surface area contributed by atoms with E-state index >= 15 is 0 Å². The fourth-order valence-corrected chi connectivity index (χ4v) is 3.73. The summed E-state index contributed by atoms with van der Waals surface area (Å²) >= 11 is 2.06. The third-order valence-corrected chi connectivity index (χ3v) is 4.03. The molecule has 1 saturated carbocycles. The fourth-order valence-electron chi connectivity index (χ4n) is 2.21. The third-order valence-electron chi connectivity index (χ3n) is 3.07. The van der Waals surface area contributed by atoms with Gasteiger partial charge in [-0.25, -0.2) is 0 Å². The first kappa shape index (κ1) is 15.1. The summed E-state index contributed by atoms with van der Waals surface area (Å²) in [6.07, 6.45) is 2.69. The molecule has 1 rings (SSSR count). The molecule has 0 spiro atoms. The van der Waals surface area contributed by atoms with Gasteiger partial charge in [0, 0.05) is 6.42 Å². The van der Waals surface area contributed by atoms with Crippen molar-refractivity contribution in [2.45, 2.75) is 38.7 Å². The van der Waals surface area contributed by atoms with E-state index in [4.69, 9.17) is 4.18 Å². The average Bonchev–Trinajstić information content (AvgIpc) is 2.10. The number of hydrogen-bond acceptors (Lipinski definition) is 4. The van der Waals surface area contributed by atoms with E-state index < -0.39 is 21.6 Å². The zero-order valence-electron chi connectivity index (χ0n) is 10.0. The van der Waals surface area contributed by atoms with E-state index in [0.29, 0.717) is 25.7 Å². The van der Waals surface area contributed by atoms with E-state index in [9.17, 15) is 13.2 Å². The second kappa shape index (κ2) is 5.36.